The van der Waals surface area contributed by atoms with E-state index in [2.05, 4.69) is 23.9 Å². The van der Waals surface area contributed by atoms with E-state index < -0.39 is 6.10 Å². The summed E-state index contributed by atoms with van der Waals surface area (Å²) in [6, 6.07) is 8.13. The van der Waals surface area contributed by atoms with Crippen molar-refractivity contribution in [1.82, 2.24) is 14.8 Å². The first-order chi connectivity index (χ1) is 9.19. The van der Waals surface area contributed by atoms with E-state index in [1.165, 1.54) is 0 Å². The number of aliphatic hydroxyl groups excluding tert-OH is 1. The quantitative estimate of drug-likeness (QED) is 0.866. The van der Waals surface area contributed by atoms with Gasteiger partial charge in [-0.2, -0.15) is 5.10 Å². The standard InChI is InChI=1S/C15H21N3O/c1-3-12(2)18-9-7-14(17-18)11-15(19)10-13-6-4-5-8-16-13/h4-9,12,15,19H,3,10-11H2,1-2H3. The van der Waals surface area contributed by atoms with Crippen LogP contribution in [0.25, 0.3) is 0 Å². The van der Waals surface area contributed by atoms with E-state index in [4.69, 9.17) is 0 Å². The smallest absolute Gasteiger partial charge is 0.0651 e. The second-order valence-electron chi connectivity index (χ2n) is 4.93. The van der Waals surface area contributed by atoms with Crippen LogP contribution in [0.4, 0.5) is 0 Å². The predicted octanol–water partition coefficient (Wildman–Crippen LogP) is 2.40. The molecule has 0 fully saturated rings. The van der Waals surface area contributed by atoms with E-state index in [9.17, 15) is 5.11 Å². The van der Waals surface area contributed by atoms with Crippen LogP contribution in [-0.2, 0) is 12.8 Å². The highest BCUT2D eigenvalue weighted by atomic mass is 16.3. The molecule has 2 aromatic rings. The molecule has 0 spiro atoms. The lowest BCUT2D eigenvalue weighted by Gasteiger charge is -2.10. The van der Waals surface area contributed by atoms with Crippen molar-refractivity contribution >= 4 is 0 Å². The van der Waals surface area contributed by atoms with Crippen LogP contribution >= 0.6 is 0 Å². The van der Waals surface area contributed by atoms with Gasteiger partial charge in [0.25, 0.3) is 0 Å². The molecule has 102 valence electrons. The SMILES string of the molecule is CCC(C)n1ccc(CC(O)Cc2ccccn2)n1. The van der Waals surface area contributed by atoms with Crippen LogP contribution in [0.1, 0.15) is 37.7 Å². The Bertz CT molecular complexity index is 495. The number of pyridine rings is 1. The number of aliphatic hydroxyl groups is 1. The van der Waals surface area contributed by atoms with Gasteiger partial charge in [0.15, 0.2) is 0 Å². The van der Waals surface area contributed by atoms with Crippen molar-refractivity contribution < 1.29 is 5.11 Å². The normalized spacial score (nSPS) is 14.3. The molecule has 0 aliphatic heterocycles. The highest BCUT2D eigenvalue weighted by Gasteiger charge is 2.11. The van der Waals surface area contributed by atoms with E-state index in [0.29, 0.717) is 18.9 Å². The summed E-state index contributed by atoms with van der Waals surface area (Å²) in [5.74, 6) is 0. The molecule has 4 nitrogen and oxygen atoms in total. The van der Waals surface area contributed by atoms with Gasteiger partial charge in [-0.1, -0.05) is 13.0 Å². The van der Waals surface area contributed by atoms with Crippen LogP contribution in [0.3, 0.4) is 0 Å². The summed E-state index contributed by atoms with van der Waals surface area (Å²) in [6.07, 6.45) is 5.49. The van der Waals surface area contributed by atoms with Gasteiger partial charge in [0, 0.05) is 37.0 Å². The van der Waals surface area contributed by atoms with Gasteiger partial charge in [-0.15, -0.1) is 0 Å². The lowest BCUT2D eigenvalue weighted by Crippen LogP contribution is -2.15. The number of hydrogen-bond acceptors (Lipinski definition) is 3. The molecule has 2 rings (SSSR count). The van der Waals surface area contributed by atoms with Crippen LogP contribution in [-0.4, -0.2) is 26.0 Å². The van der Waals surface area contributed by atoms with Gasteiger partial charge >= 0.3 is 0 Å². The Labute approximate surface area is 114 Å². The lowest BCUT2D eigenvalue weighted by molar-refractivity contribution is 0.172. The molecule has 0 radical (unpaired) electrons. The third-order valence-electron chi connectivity index (χ3n) is 3.32. The van der Waals surface area contributed by atoms with E-state index >= 15 is 0 Å². The molecule has 2 aromatic heterocycles. The van der Waals surface area contributed by atoms with Crippen LogP contribution < -0.4 is 0 Å². The zero-order chi connectivity index (χ0) is 13.7. The van der Waals surface area contributed by atoms with Gasteiger partial charge in [0.2, 0.25) is 0 Å². The van der Waals surface area contributed by atoms with Gasteiger partial charge in [0.05, 0.1) is 11.8 Å². The Morgan fingerprint density at radius 2 is 2.00 bits per heavy atom. The van der Waals surface area contributed by atoms with Crippen molar-refractivity contribution in [2.24, 2.45) is 0 Å². The third kappa shape index (κ3) is 3.89. The molecule has 2 heterocycles. The fourth-order valence-corrected chi connectivity index (χ4v) is 1.99. The summed E-state index contributed by atoms with van der Waals surface area (Å²) in [4.78, 5) is 4.22. The van der Waals surface area contributed by atoms with Crippen LogP contribution in [0, 0.1) is 0 Å². The molecule has 0 aliphatic rings. The molecule has 2 atom stereocenters. The van der Waals surface area contributed by atoms with Gasteiger partial charge in [-0.25, -0.2) is 0 Å². The minimum atomic E-state index is -0.435. The highest BCUT2D eigenvalue weighted by Crippen LogP contribution is 2.11. The largest absolute Gasteiger partial charge is 0.392 e. The van der Waals surface area contributed by atoms with Gasteiger partial charge < -0.3 is 5.11 Å². The predicted molar refractivity (Wildman–Crippen MR) is 74.9 cm³/mol. The molecule has 0 aromatic carbocycles. The van der Waals surface area contributed by atoms with Crippen LogP contribution in [0.5, 0.6) is 0 Å². The van der Waals surface area contributed by atoms with E-state index in [1.807, 2.05) is 35.1 Å². The summed E-state index contributed by atoms with van der Waals surface area (Å²) in [5, 5.41) is 14.6. The van der Waals surface area contributed by atoms with Crippen molar-refractivity contribution in [2.75, 3.05) is 0 Å². The van der Waals surface area contributed by atoms with Crippen molar-refractivity contribution in [1.29, 1.82) is 0 Å². The van der Waals surface area contributed by atoms with E-state index in [-0.39, 0.29) is 0 Å². The Hall–Kier alpha value is -1.68. The molecule has 0 aliphatic carbocycles. The number of nitrogens with zero attached hydrogens (tertiary/aromatic N) is 3. The molecule has 19 heavy (non-hydrogen) atoms. The monoisotopic (exact) mass is 259 g/mol. The first-order valence-corrected chi connectivity index (χ1v) is 6.81. The maximum Gasteiger partial charge on any atom is 0.0651 e. The van der Waals surface area contributed by atoms with E-state index in [0.717, 1.165) is 17.8 Å². The molecule has 0 amide bonds. The van der Waals surface area contributed by atoms with Crippen LogP contribution in [0.2, 0.25) is 0 Å². The molecule has 0 bridgehead atoms. The average Bonchev–Trinajstić information content (AvgIpc) is 2.87. The molecule has 2 unspecified atom stereocenters. The van der Waals surface area contributed by atoms with Crippen molar-refractivity contribution in [3.05, 3.63) is 48.0 Å². The Kier molecular flexibility index (Phi) is 4.68. The maximum absolute atomic E-state index is 10.1. The maximum atomic E-state index is 10.1. The summed E-state index contributed by atoms with van der Waals surface area (Å²) in [5.41, 5.74) is 1.85. The molecular weight excluding hydrogens is 238 g/mol. The summed E-state index contributed by atoms with van der Waals surface area (Å²) >= 11 is 0. The van der Waals surface area contributed by atoms with Gasteiger partial charge in [-0.05, 0) is 31.5 Å². The summed E-state index contributed by atoms with van der Waals surface area (Å²) in [7, 11) is 0. The second-order valence-corrected chi connectivity index (χ2v) is 4.93. The minimum absolute atomic E-state index is 0.404. The summed E-state index contributed by atoms with van der Waals surface area (Å²) in [6.45, 7) is 4.28. The Morgan fingerprint density at radius 3 is 2.68 bits per heavy atom. The van der Waals surface area contributed by atoms with E-state index in [1.54, 1.807) is 6.20 Å². The zero-order valence-corrected chi connectivity index (χ0v) is 11.5. The fourth-order valence-electron chi connectivity index (χ4n) is 1.99. The second kappa shape index (κ2) is 6.48. The molecule has 4 heteroatoms. The minimum Gasteiger partial charge on any atom is -0.392 e. The van der Waals surface area contributed by atoms with Crippen molar-refractivity contribution in [3.8, 4) is 0 Å². The Morgan fingerprint density at radius 1 is 1.21 bits per heavy atom. The molecular formula is C15H21N3O. The zero-order valence-electron chi connectivity index (χ0n) is 11.5. The molecule has 1 N–H and O–H groups in total. The lowest BCUT2D eigenvalue weighted by atomic mass is 10.1. The van der Waals surface area contributed by atoms with Gasteiger partial charge in [-0.3, -0.25) is 9.67 Å². The van der Waals surface area contributed by atoms with Crippen molar-refractivity contribution in [3.63, 3.8) is 0 Å². The first kappa shape index (κ1) is 13.7. The number of rotatable bonds is 6. The third-order valence-corrected chi connectivity index (χ3v) is 3.32. The van der Waals surface area contributed by atoms with Crippen LogP contribution in [0.15, 0.2) is 36.7 Å². The number of hydrogen-bond donors (Lipinski definition) is 1. The topological polar surface area (TPSA) is 50.9 Å². The Balaban J connectivity index is 1.92. The van der Waals surface area contributed by atoms with Crippen molar-refractivity contribution in [2.45, 2.75) is 45.3 Å². The average molecular weight is 259 g/mol. The van der Waals surface area contributed by atoms with Gasteiger partial charge in [0.1, 0.15) is 0 Å². The number of aromatic nitrogens is 3. The summed E-state index contributed by atoms with van der Waals surface area (Å²) < 4.78 is 1.96. The first-order valence-electron chi connectivity index (χ1n) is 6.81. The fraction of sp³-hybridized carbons (Fsp3) is 0.467. The molecule has 0 saturated carbocycles. The highest BCUT2D eigenvalue weighted by molar-refractivity contribution is 5.07. The molecule has 0 saturated heterocycles.